The van der Waals surface area contributed by atoms with Crippen LogP contribution in [0, 0.1) is 13.8 Å². The molecule has 0 fully saturated rings. The first-order chi connectivity index (χ1) is 9.52. The van der Waals surface area contributed by atoms with Crippen LogP contribution in [0.2, 0.25) is 0 Å². The molecule has 0 radical (unpaired) electrons. The lowest BCUT2D eigenvalue weighted by molar-refractivity contribution is -0.136. The monoisotopic (exact) mass is 272 g/mol. The van der Waals surface area contributed by atoms with Gasteiger partial charge in [-0.3, -0.25) is 14.8 Å². The third-order valence-corrected chi connectivity index (χ3v) is 2.97. The van der Waals surface area contributed by atoms with Gasteiger partial charge in [0.1, 0.15) is 5.75 Å². The Kier molecular flexibility index (Phi) is 3.98. The van der Waals surface area contributed by atoms with Crippen LogP contribution in [-0.2, 0) is 11.2 Å². The first kappa shape index (κ1) is 14.0. The van der Waals surface area contributed by atoms with Crippen LogP contribution < -0.4 is 4.74 Å². The van der Waals surface area contributed by atoms with E-state index < -0.39 is 5.97 Å². The maximum absolute atomic E-state index is 10.9. The van der Waals surface area contributed by atoms with Crippen LogP contribution in [0.3, 0.4) is 0 Å². The van der Waals surface area contributed by atoms with Gasteiger partial charge in [-0.05, 0) is 31.0 Å². The average molecular weight is 272 g/mol. The quantitative estimate of drug-likeness (QED) is 0.925. The van der Waals surface area contributed by atoms with Crippen LogP contribution in [0.1, 0.15) is 16.8 Å². The summed E-state index contributed by atoms with van der Waals surface area (Å²) in [5.41, 5.74) is 3.80. The molecule has 2 aromatic rings. The van der Waals surface area contributed by atoms with Crippen molar-refractivity contribution in [3.8, 4) is 17.0 Å². The van der Waals surface area contributed by atoms with Crippen LogP contribution >= 0.6 is 0 Å². The van der Waals surface area contributed by atoms with Crippen molar-refractivity contribution in [1.29, 1.82) is 0 Å². The Labute approximate surface area is 117 Å². The molecule has 0 aliphatic heterocycles. The number of aromatic nitrogens is 2. The summed E-state index contributed by atoms with van der Waals surface area (Å²) in [4.78, 5) is 19.4. The third kappa shape index (κ3) is 2.77. The van der Waals surface area contributed by atoms with Crippen LogP contribution in [0.15, 0.2) is 24.5 Å². The largest absolute Gasteiger partial charge is 0.496 e. The summed E-state index contributed by atoms with van der Waals surface area (Å²) < 4.78 is 5.43. The Balaban J connectivity index is 2.65. The fourth-order valence-electron chi connectivity index (χ4n) is 2.27. The van der Waals surface area contributed by atoms with Gasteiger partial charge in [-0.2, -0.15) is 0 Å². The van der Waals surface area contributed by atoms with Gasteiger partial charge in [0.15, 0.2) is 0 Å². The predicted molar refractivity (Wildman–Crippen MR) is 74.8 cm³/mol. The predicted octanol–water partition coefficient (Wildman–Crippen LogP) is 2.40. The Morgan fingerprint density at radius 2 is 1.95 bits per heavy atom. The Morgan fingerprint density at radius 1 is 1.25 bits per heavy atom. The zero-order valence-corrected chi connectivity index (χ0v) is 11.7. The van der Waals surface area contributed by atoms with E-state index in [1.165, 1.54) is 6.20 Å². The second-order valence-electron chi connectivity index (χ2n) is 4.58. The first-order valence-corrected chi connectivity index (χ1v) is 6.20. The Bertz CT molecular complexity index is 654. The molecule has 1 heterocycles. The summed E-state index contributed by atoms with van der Waals surface area (Å²) in [5.74, 6) is -0.238. The van der Waals surface area contributed by atoms with Gasteiger partial charge in [0, 0.05) is 18.0 Å². The second-order valence-corrected chi connectivity index (χ2v) is 4.58. The van der Waals surface area contributed by atoms with Crippen molar-refractivity contribution in [3.05, 3.63) is 41.3 Å². The van der Waals surface area contributed by atoms with Gasteiger partial charge in [-0.25, -0.2) is 0 Å². The van der Waals surface area contributed by atoms with E-state index in [4.69, 9.17) is 9.84 Å². The molecule has 0 atom stereocenters. The smallest absolute Gasteiger partial charge is 0.309 e. The number of hydrogen-bond acceptors (Lipinski definition) is 4. The lowest BCUT2D eigenvalue weighted by Gasteiger charge is -2.14. The molecule has 1 aromatic heterocycles. The maximum atomic E-state index is 10.9. The summed E-state index contributed by atoms with van der Waals surface area (Å²) in [7, 11) is 1.59. The average Bonchev–Trinajstić information content (AvgIpc) is 2.38. The first-order valence-electron chi connectivity index (χ1n) is 6.20. The number of carboxylic acid groups (broad SMARTS) is 1. The van der Waals surface area contributed by atoms with Crippen LogP contribution in [0.5, 0.6) is 5.75 Å². The van der Waals surface area contributed by atoms with Gasteiger partial charge in [0.25, 0.3) is 0 Å². The molecule has 20 heavy (non-hydrogen) atoms. The van der Waals surface area contributed by atoms with Gasteiger partial charge >= 0.3 is 5.97 Å². The number of benzene rings is 1. The molecular weight excluding hydrogens is 256 g/mol. The highest BCUT2D eigenvalue weighted by atomic mass is 16.5. The minimum atomic E-state index is -0.935. The van der Waals surface area contributed by atoms with E-state index in [0.717, 1.165) is 16.7 Å². The van der Waals surface area contributed by atoms with Gasteiger partial charge in [0.05, 0.1) is 24.9 Å². The summed E-state index contributed by atoms with van der Waals surface area (Å²) in [5, 5.41) is 8.97. The molecule has 0 saturated carbocycles. The molecular formula is C15H16N2O3. The zero-order chi connectivity index (χ0) is 14.7. The number of aliphatic carboxylic acids is 1. The molecule has 0 aliphatic carbocycles. The number of aryl methyl sites for hydroxylation is 2. The van der Waals surface area contributed by atoms with E-state index in [0.29, 0.717) is 17.1 Å². The van der Waals surface area contributed by atoms with Crippen molar-refractivity contribution >= 4 is 5.97 Å². The van der Waals surface area contributed by atoms with Crippen LogP contribution in [0.25, 0.3) is 11.3 Å². The van der Waals surface area contributed by atoms with E-state index in [-0.39, 0.29) is 6.42 Å². The molecule has 0 aliphatic rings. The van der Waals surface area contributed by atoms with Gasteiger partial charge in [-0.15, -0.1) is 0 Å². The molecule has 5 heteroatoms. The van der Waals surface area contributed by atoms with E-state index >= 15 is 0 Å². The Morgan fingerprint density at radius 3 is 2.60 bits per heavy atom. The summed E-state index contributed by atoms with van der Waals surface area (Å²) in [6.45, 7) is 3.92. The molecule has 5 nitrogen and oxygen atoms in total. The van der Waals surface area contributed by atoms with Gasteiger partial charge in [-0.1, -0.05) is 6.07 Å². The van der Waals surface area contributed by atoms with Crippen molar-refractivity contribution in [2.75, 3.05) is 7.11 Å². The van der Waals surface area contributed by atoms with Crippen molar-refractivity contribution in [2.45, 2.75) is 20.3 Å². The summed E-state index contributed by atoms with van der Waals surface area (Å²) in [6, 6.07) is 3.94. The van der Waals surface area contributed by atoms with Crippen LogP contribution in [-0.4, -0.2) is 28.2 Å². The number of carboxylic acids is 1. The molecule has 0 saturated heterocycles. The lowest BCUT2D eigenvalue weighted by atomic mass is 10.0. The third-order valence-electron chi connectivity index (χ3n) is 2.97. The number of nitrogens with zero attached hydrogens (tertiary/aromatic N) is 2. The summed E-state index contributed by atoms with van der Waals surface area (Å²) >= 11 is 0. The number of ether oxygens (including phenoxy) is 1. The molecule has 1 aromatic carbocycles. The van der Waals surface area contributed by atoms with E-state index in [2.05, 4.69) is 9.97 Å². The number of rotatable bonds is 4. The highest BCUT2D eigenvalue weighted by Crippen LogP contribution is 2.34. The van der Waals surface area contributed by atoms with E-state index in [9.17, 15) is 4.79 Å². The molecule has 0 spiro atoms. The number of hydrogen-bond donors (Lipinski definition) is 1. The topological polar surface area (TPSA) is 72.3 Å². The van der Waals surface area contributed by atoms with Crippen molar-refractivity contribution in [2.24, 2.45) is 0 Å². The zero-order valence-electron chi connectivity index (χ0n) is 11.7. The molecule has 2 rings (SSSR count). The molecule has 0 unspecified atom stereocenters. The number of methoxy groups -OCH3 is 1. The summed E-state index contributed by atoms with van der Waals surface area (Å²) in [6.07, 6.45) is 2.88. The normalized spacial score (nSPS) is 10.3. The molecule has 0 bridgehead atoms. The minimum absolute atomic E-state index is 0.167. The molecule has 104 valence electrons. The highest BCUT2D eigenvalue weighted by molar-refractivity contribution is 5.77. The van der Waals surface area contributed by atoms with Crippen molar-refractivity contribution in [1.82, 2.24) is 9.97 Å². The van der Waals surface area contributed by atoms with Gasteiger partial charge < -0.3 is 9.84 Å². The maximum Gasteiger partial charge on any atom is 0.309 e. The molecule has 1 N–H and O–H groups in total. The fraction of sp³-hybridized carbons (Fsp3) is 0.267. The fourth-order valence-corrected chi connectivity index (χ4v) is 2.27. The molecule has 0 amide bonds. The SMILES string of the molecule is COc1c(C)cc(C)cc1-c1nccnc1CC(=O)O. The van der Waals surface area contributed by atoms with Crippen molar-refractivity contribution < 1.29 is 14.6 Å². The van der Waals surface area contributed by atoms with Crippen molar-refractivity contribution in [3.63, 3.8) is 0 Å². The Hall–Kier alpha value is -2.43. The highest BCUT2D eigenvalue weighted by Gasteiger charge is 2.16. The second kappa shape index (κ2) is 5.69. The minimum Gasteiger partial charge on any atom is -0.496 e. The standard InChI is InChI=1S/C15H16N2O3/c1-9-6-10(2)15(20-3)11(7-9)14-12(8-13(18)19)16-4-5-17-14/h4-7H,8H2,1-3H3,(H,18,19). The van der Waals surface area contributed by atoms with E-state index in [1.807, 2.05) is 26.0 Å². The van der Waals surface area contributed by atoms with E-state index in [1.54, 1.807) is 13.3 Å². The lowest BCUT2D eigenvalue weighted by Crippen LogP contribution is -2.06. The van der Waals surface area contributed by atoms with Crippen LogP contribution in [0.4, 0.5) is 0 Å². The van der Waals surface area contributed by atoms with Gasteiger partial charge in [0.2, 0.25) is 0 Å². The number of carbonyl (C=O) groups is 1.